The molecular weight excluding hydrogens is 434 g/mol. The van der Waals surface area contributed by atoms with Crippen molar-refractivity contribution in [3.05, 3.63) is 101 Å². The van der Waals surface area contributed by atoms with Gasteiger partial charge in [0.25, 0.3) is 0 Å². The van der Waals surface area contributed by atoms with Gasteiger partial charge in [0.15, 0.2) is 0 Å². The van der Waals surface area contributed by atoms with E-state index in [0.29, 0.717) is 12.5 Å². The molecule has 1 aliphatic heterocycles. The summed E-state index contributed by atoms with van der Waals surface area (Å²) >= 11 is 0. The largest absolute Gasteiger partial charge is 0.493 e. The first-order chi connectivity index (χ1) is 17.3. The van der Waals surface area contributed by atoms with E-state index in [2.05, 4.69) is 49.4 Å². The van der Waals surface area contributed by atoms with Gasteiger partial charge in [0.1, 0.15) is 18.1 Å². The highest BCUT2D eigenvalue weighted by molar-refractivity contribution is 5.89. The van der Waals surface area contributed by atoms with Gasteiger partial charge in [0.2, 0.25) is 0 Å². The lowest BCUT2D eigenvalue weighted by atomic mass is 10.0. The smallest absolute Gasteiger partial charge is 0.134 e. The Morgan fingerprint density at radius 1 is 0.886 bits per heavy atom. The predicted molar refractivity (Wildman–Crippen MR) is 142 cm³/mol. The van der Waals surface area contributed by atoms with Crippen LogP contribution >= 0.6 is 0 Å². The van der Waals surface area contributed by atoms with E-state index >= 15 is 0 Å². The van der Waals surface area contributed by atoms with Crippen LogP contribution in [0.3, 0.4) is 0 Å². The Morgan fingerprint density at radius 2 is 1.69 bits per heavy atom. The molecule has 35 heavy (non-hydrogen) atoms. The quantitative estimate of drug-likeness (QED) is 0.278. The molecule has 1 saturated heterocycles. The highest BCUT2D eigenvalue weighted by Gasteiger charge is 2.15. The van der Waals surface area contributed by atoms with Crippen molar-refractivity contribution in [2.75, 3.05) is 19.8 Å². The van der Waals surface area contributed by atoms with Gasteiger partial charge in [-0.25, -0.2) is 4.98 Å². The number of fused-ring (bicyclic) bond motifs is 1. The first kappa shape index (κ1) is 23.1. The molecule has 1 aromatic heterocycles. The maximum atomic E-state index is 6.33. The maximum Gasteiger partial charge on any atom is 0.134 e. The lowest BCUT2D eigenvalue weighted by Crippen LogP contribution is -2.21. The van der Waals surface area contributed by atoms with Gasteiger partial charge >= 0.3 is 0 Å². The van der Waals surface area contributed by atoms with Crippen LogP contribution in [0.2, 0.25) is 0 Å². The summed E-state index contributed by atoms with van der Waals surface area (Å²) in [6.07, 6.45) is 6.30. The fourth-order valence-electron chi connectivity index (χ4n) is 4.38. The zero-order chi connectivity index (χ0) is 23.9. The minimum absolute atomic E-state index is 0.519. The minimum Gasteiger partial charge on any atom is -0.493 e. The van der Waals surface area contributed by atoms with Gasteiger partial charge < -0.3 is 14.2 Å². The van der Waals surface area contributed by atoms with Gasteiger partial charge in [-0.15, -0.1) is 0 Å². The summed E-state index contributed by atoms with van der Waals surface area (Å²) in [5.74, 6) is 2.35. The molecule has 0 aliphatic carbocycles. The number of hydrogen-bond donors (Lipinski definition) is 0. The Morgan fingerprint density at radius 3 is 2.54 bits per heavy atom. The van der Waals surface area contributed by atoms with Crippen LogP contribution in [-0.4, -0.2) is 24.8 Å². The molecule has 0 amide bonds. The normalized spacial score (nSPS) is 14.4. The molecule has 4 heteroatoms. The molecule has 4 nitrogen and oxygen atoms in total. The lowest BCUT2D eigenvalue weighted by molar-refractivity contribution is 0.0497. The molecule has 0 radical (unpaired) electrons. The van der Waals surface area contributed by atoms with Crippen LogP contribution in [0.15, 0.2) is 78.9 Å². The molecule has 5 rings (SSSR count). The van der Waals surface area contributed by atoms with Crippen LogP contribution in [0.5, 0.6) is 11.5 Å². The van der Waals surface area contributed by atoms with E-state index in [0.717, 1.165) is 77.4 Å². The molecule has 1 aliphatic rings. The Labute approximate surface area is 207 Å². The Bertz CT molecular complexity index is 1290. The summed E-state index contributed by atoms with van der Waals surface area (Å²) in [5.41, 5.74) is 5.08. The molecular formula is C31H31NO3. The van der Waals surface area contributed by atoms with Crippen LogP contribution in [0.4, 0.5) is 0 Å². The zero-order valence-corrected chi connectivity index (χ0v) is 20.2. The van der Waals surface area contributed by atoms with Crippen LogP contribution in [0.1, 0.15) is 35.2 Å². The Balaban J connectivity index is 1.36. The number of benzene rings is 3. The van der Waals surface area contributed by atoms with Crippen LogP contribution < -0.4 is 9.47 Å². The first-order valence-corrected chi connectivity index (χ1v) is 12.3. The van der Waals surface area contributed by atoms with Crippen molar-refractivity contribution in [3.8, 4) is 11.5 Å². The van der Waals surface area contributed by atoms with Crippen molar-refractivity contribution in [2.24, 2.45) is 5.92 Å². The van der Waals surface area contributed by atoms with E-state index in [1.54, 1.807) is 0 Å². The molecule has 0 atom stereocenters. The summed E-state index contributed by atoms with van der Waals surface area (Å²) < 4.78 is 17.9. The van der Waals surface area contributed by atoms with Gasteiger partial charge in [0, 0.05) is 24.2 Å². The average Bonchev–Trinajstić information content (AvgIpc) is 2.92. The second kappa shape index (κ2) is 11.2. The summed E-state index contributed by atoms with van der Waals surface area (Å²) in [4.78, 5) is 4.92. The molecule has 178 valence electrons. The van der Waals surface area contributed by atoms with Crippen LogP contribution in [0, 0.1) is 12.8 Å². The SMILES string of the molecule is Cc1c(/C=C/c2cccc(OCC3CCOCC3)c2)nc2ccccc2c1OCc1ccccc1. The molecule has 0 N–H and O–H groups in total. The number of rotatable bonds is 8. The van der Waals surface area contributed by atoms with E-state index in [-0.39, 0.29) is 0 Å². The zero-order valence-electron chi connectivity index (χ0n) is 20.2. The molecule has 1 fully saturated rings. The monoisotopic (exact) mass is 465 g/mol. The number of pyridine rings is 1. The minimum atomic E-state index is 0.519. The average molecular weight is 466 g/mol. The van der Waals surface area contributed by atoms with Gasteiger partial charge in [-0.05, 0) is 67.2 Å². The molecule has 0 saturated carbocycles. The number of nitrogens with zero attached hydrogens (tertiary/aromatic N) is 1. The van der Waals surface area contributed by atoms with E-state index in [1.165, 1.54) is 0 Å². The van der Waals surface area contributed by atoms with E-state index in [1.807, 2.05) is 48.5 Å². The second-order valence-corrected chi connectivity index (χ2v) is 9.02. The van der Waals surface area contributed by atoms with E-state index in [4.69, 9.17) is 19.2 Å². The Hall–Kier alpha value is -3.63. The van der Waals surface area contributed by atoms with Crippen LogP contribution in [-0.2, 0) is 11.3 Å². The third kappa shape index (κ3) is 5.90. The van der Waals surface area contributed by atoms with Crippen molar-refractivity contribution in [2.45, 2.75) is 26.4 Å². The third-order valence-electron chi connectivity index (χ3n) is 6.46. The lowest BCUT2D eigenvalue weighted by Gasteiger charge is -2.22. The standard InChI is InChI=1S/C31H31NO3/c1-23-29(15-14-24-10-7-11-27(20-24)34-21-26-16-18-33-19-17-26)32-30-13-6-5-12-28(30)31(23)35-22-25-8-3-2-4-9-25/h2-15,20,26H,16-19,21-22H2,1H3/b15-14+. The van der Waals surface area contributed by atoms with Gasteiger partial charge in [0.05, 0.1) is 17.8 Å². The van der Waals surface area contributed by atoms with Crippen molar-refractivity contribution < 1.29 is 14.2 Å². The maximum absolute atomic E-state index is 6.33. The van der Waals surface area contributed by atoms with Gasteiger partial charge in [-0.2, -0.15) is 0 Å². The summed E-state index contributed by atoms with van der Waals surface area (Å²) in [6.45, 7) is 5.01. The van der Waals surface area contributed by atoms with Gasteiger partial charge in [-0.1, -0.05) is 60.7 Å². The van der Waals surface area contributed by atoms with Crippen LogP contribution in [0.25, 0.3) is 23.1 Å². The fourth-order valence-corrected chi connectivity index (χ4v) is 4.38. The van der Waals surface area contributed by atoms with Gasteiger partial charge in [-0.3, -0.25) is 0 Å². The van der Waals surface area contributed by atoms with Crippen molar-refractivity contribution in [3.63, 3.8) is 0 Å². The number of ether oxygens (including phenoxy) is 3. The Kier molecular flexibility index (Phi) is 7.40. The summed E-state index contributed by atoms with van der Waals surface area (Å²) in [6, 6.07) is 26.6. The highest BCUT2D eigenvalue weighted by atomic mass is 16.5. The number of para-hydroxylation sites is 1. The molecule has 3 aromatic carbocycles. The predicted octanol–water partition coefficient (Wildman–Crippen LogP) is 7.10. The fraction of sp³-hybridized carbons (Fsp3) is 0.258. The molecule has 0 unspecified atom stereocenters. The summed E-state index contributed by atoms with van der Waals surface area (Å²) in [7, 11) is 0. The second-order valence-electron chi connectivity index (χ2n) is 9.02. The third-order valence-corrected chi connectivity index (χ3v) is 6.46. The van der Waals surface area contributed by atoms with E-state index < -0.39 is 0 Å². The molecule has 2 heterocycles. The molecule has 4 aromatic rings. The van der Waals surface area contributed by atoms with E-state index in [9.17, 15) is 0 Å². The number of aromatic nitrogens is 1. The topological polar surface area (TPSA) is 40.6 Å². The van der Waals surface area contributed by atoms with Crippen molar-refractivity contribution in [1.29, 1.82) is 0 Å². The van der Waals surface area contributed by atoms with Crippen molar-refractivity contribution in [1.82, 2.24) is 4.98 Å². The molecule has 0 spiro atoms. The van der Waals surface area contributed by atoms with Crippen molar-refractivity contribution >= 4 is 23.1 Å². The molecule has 0 bridgehead atoms. The first-order valence-electron chi connectivity index (χ1n) is 12.3. The number of hydrogen-bond acceptors (Lipinski definition) is 4. The highest BCUT2D eigenvalue weighted by Crippen LogP contribution is 2.32. The summed E-state index contributed by atoms with van der Waals surface area (Å²) in [5, 5.41) is 1.03.